The Labute approximate surface area is 110 Å². The lowest BCUT2D eigenvalue weighted by atomic mass is 10.1. The van der Waals surface area contributed by atoms with E-state index in [2.05, 4.69) is 0 Å². The number of allylic oxidation sites excluding steroid dienone is 1. The quantitative estimate of drug-likeness (QED) is 0.591. The Kier molecular flexibility index (Phi) is 3.90. The molecule has 0 amide bonds. The molecule has 0 radical (unpaired) electrons. The van der Waals surface area contributed by atoms with Crippen molar-refractivity contribution in [3.8, 4) is 0 Å². The van der Waals surface area contributed by atoms with E-state index >= 15 is 0 Å². The van der Waals surface area contributed by atoms with Gasteiger partial charge in [-0.25, -0.2) is 4.39 Å². The predicted molar refractivity (Wildman–Crippen MR) is 71.2 cm³/mol. The molecule has 18 heavy (non-hydrogen) atoms. The van der Waals surface area contributed by atoms with Crippen LogP contribution in [0.3, 0.4) is 0 Å². The van der Waals surface area contributed by atoms with Gasteiger partial charge in [-0.15, -0.1) is 0 Å². The molecule has 2 rings (SSSR count). The maximum atomic E-state index is 13.5. The highest BCUT2D eigenvalue weighted by atomic mass is 35.5. The Bertz CT molecular complexity index is 570. The summed E-state index contributed by atoms with van der Waals surface area (Å²) in [6, 6.07) is 13.2. The van der Waals surface area contributed by atoms with Crippen molar-refractivity contribution in [1.82, 2.24) is 0 Å². The lowest BCUT2D eigenvalue weighted by molar-refractivity contribution is 0.104. The van der Waals surface area contributed by atoms with Crippen LogP contribution in [0.15, 0.2) is 54.6 Å². The number of carbonyl (C=O) groups excluding carboxylic acids is 1. The van der Waals surface area contributed by atoms with Crippen LogP contribution in [0.4, 0.5) is 4.39 Å². The van der Waals surface area contributed by atoms with Crippen molar-refractivity contribution < 1.29 is 9.18 Å². The van der Waals surface area contributed by atoms with E-state index in [4.69, 9.17) is 11.6 Å². The van der Waals surface area contributed by atoms with Crippen molar-refractivity contribution in [3.05, 3.63) is 76.6 Å². The zero-order chi connectivity index (χ0) is 13.0. The first-order valence-electron chi connectivity index (χ1n) is 5.40. The molecule has 90 valence electrons. The summed E-state index contributed by atoms with van der Waals surface area (Å²) in [6.45, 7) is 0. The molecule has 0 aromatic heterocycles. The molecule has 0 saturated heterocycles. The molecule has 0 unspecified atom stereocenters. The minimum atomic E-state index is -0.445. The van der Waals surface area contributed by atoms with E-state index in [-0.39, 0.29) is 16.4 Å². The predicted octanol–water partition coefficient (Wildman–Crippen LogP) is 4.38. The van der Waals surface area contributed by atoms with E-state index in [1.165, 1.54) is 24.3 Å². The van der Waals surface area contributed by atoms with Gasteiger partial charge in [0.05, 0.1) is 5.02 Å². The molecule has 0 N–H and O–H groups in total. The van der Waals surface area contributed by atoms with Gasteiger partial charge >= 0.3 is 0 Å². The van der Waals surface area contributed by atoms with Crippen LogP contribution in [0, 0.1) is 5.82 Å². The Balaban J connectivity index is 2.24. The van der Waals surface area contributed by atoms with Gasteiger partial charge in [-0.2, -0.15) is 0 Å². The fraction of sp³-hybridized carbons (Fsp3) is 0. The first-order valence-corrected chi connectivity index (χ1v) is 5.78. The van der Waals surface area contributed by atoms with Crippen LogP contribution in [0.2, 0.25) is 5.02 Å². The number of rotatable bonds is 3. The molecule has 0 atom stereocenters. The summed E-state index contributed by atoms with van der Waals surface area (Å²) >= 11 is 5.86. The van der Waals surface area contributed by atoms with E-state index in [0.717, 1.165) is 0 Å². The first-order chi connectivity index (χ1) is 8.68. The molecule has 0 aliphatic carbocycles. The second-order valence-corrected chi connectivity index (χ2v) is 4.11. The lowest BCUT2D eigenvalue weighted by Crippen LogP contribution is -1.93. The molecule has 3 heteroatoms. The van der Waals surface area contributed by atoms with Crippen LogP contribution >= 0.6 is 11.6 Å². The molecule has 0 saturated carbocycles. The molecule has 0 fully saturated rings. The number of halogens is 2. The molecule has 2 aromatic carbocycles. The minimum Gasteiger partial charge on any atom is -0.289 e. The molecular weight excluding hydrogens is 251 g/mol. The van der Waals surface area contributed by atoms with E-state index in [1.54, 1.807) is 30.3 Å². The highest BCUT2D eigenvalue weighted by Crippen LogP contribution is 2.20. The molecule has 0 aliphatic heterocycles. The van der Waals surface area contributed by atoms with Crippen LogP contribution in [-0.2, 0) is 0 Å². The first kappa shape index (κ1) is 12.5. The van der Waals surface area contributed by atoms with Crippen molar-refractivity contribution in [3.63, 3.8) is 0 Å². The Hall–Kier alpha value is -1.93. The van der Waals surface area contributed by atoms with E-state index < -0.39 is 5.82 Å². The largest absolute Gasteiger partial charge is 0.289 e. The summed E-state index contributed by atoms with van der Waals surface area (Å²) < 4.78 is 13.5. The number of carbonyl (C=O) groups is 1. The fourth-order valence-electron chi connectivity index (χ4n) is 1.53. The van der Waals surface area contributed by atoms with Gasteiger partial charge in [0.1, 0.15) is 5.82 Å². The van der Waals surface area contributed by atoms with Crippen molar-refractivity contribution >= 4 is 23.5 Å². The van der Waals surface area contributed by atoms with Crippen LogP contribution in [-0.4, -0.2) is 5.78 Å². The highest BCUT2D eigenvalue weighted by molar-refractivity contribution is 6.32. The van der Waals surface area contributed by atoms with E-state index in [9.17, 15) is 9.18 Å². The summed E-state index contributed by atoms with van der Waals surface area (Å²) in [4.78, 5) is 11.8. The third-order valence-electron chi connectivity index (χ3n) is 2.46. The van der Waals surface area contributed by atoms with Crippen molar-refractivity contribution in [2.45, 2.75) is 0 Å². The van der Waals surface area contributed by atoms with Crippen LogP contribution < -0.4 is 0 Å². The van der Waals surface area contributed by atoms with Gasteiger partial charge in [-0.05, 0) is 24.3 Å². The molecule has 0 heterocycles. The molecule has 0 bridgehead atoms. The molecule has 1 nitrogen and oxygen atoms in total. The number of benzene rings is 2. The van der Waals surface area contributed by atoms with Gasteiger partial charge in [0.25, 0.3) is 0 Å². The monoisotopic (exact) mass is 260 g/mol. The van der Waals surface area contributed by atoms with E-state index in [0.29, 0.717) is 5.56 Å². The molecule has 0 spiro atoms. The maximum Gasteiger partial charge on any atom is 0.185 e. The number of hydrogen-bond acceptors (Lipinski definition) is 1. The smallest absolute Gasteiger partial charge is 0.185 e. The highest BCUT2D eigenvalue weighted by Gasteiger charge is 2.04. The summed E-state index contributed by atoms with van der Waals surface area (Å²) in [5, 5.41) is 0.284. The Morgan fingerprint density at radius 3 is 2.44 bits per heavy atom. The average molecular weight is 261 g/mol. The van der Waals surface area contributed by atoms with Crippen LogP contribution in [0.1, 0.15) is 15.9 Å². The van der Waals surface area contributed by atoms with Crippen LogP contribution in [0.5, 0.6) is 0 Å². The third kappa shape index (κ3) is 2.84. The molecule has 2 aromatic rings. The van der Waals surface area contributed by atoms with Crippen molar-refractivity contribution in [1.29, 1.82) is 0 Å². The summed E-state index contributed by atoms with van der Waals surface area (Å²) in [5.41, 5.74) is 0.782. The topological polar surface area (TPSA) is 17.1 Å². The van der Waals surface area contributed by atoms with Gasteiger partial charge in [-0.1, -0.05) is 48.0 Å². The molecular formula is C15H10ClFO. The second kappa shape index (κ2) is 5.61. The van der Waals surface area contributed by atoms with Gasteiger partial charge in [0.15, 0.2) is 5.78 Å². The lowest BCUT2D eigenvalue weighted by Gasteiger charge is -1.99. The van der Waals surface area contributed by atoms with Gasteiger partial charge in [0, 0.05) is 11.1 Å². The standard InChI is InChI=1S/C15H10ClFO/c16-13-7-4-8-14(17)12(13)9-10-15(18)11-5-2-1-3-6-11/h1-10H. The number of ketones is 1. The van der Waals surface area contributed by atoms with Gasteiger partial charge in [-0.3, -0.25) is 4.79 Å². The van der Waals surface area contributed by atoms with Gasteiger partial charge < -0.3 is 0 Å². The average Bonchev–Trinajstić information content (AvgIpc) is 2.39. The van der Waals surface area contributed by atoms with Crippen molar-refractivity contribution in [2.75, 3.05) is 0 Å². The van der Waals surface area contributed by atoms with Crippen LogP contribution in [0.25, 0.3) is 6.08 Å². The summed E-state index contributed by atoms with van der Waals surface area (Å²) in [7, 11) is 0. The normalized spacial score (nSPS) is 10.8. The minimum absolute atomic E-state index is 0.185. The summed E-state index contributed by atoms with van der Waals surface area (Å²) in [5.74, 6) is -0.630. The maximum absolute atomic E-state index is 13.5. The van der Waals surface area contributed by atoms with E-state index in [1.807, 2.05) is 6.07 Å². The molecule has 0 aliphatic rings. The Morgan fingerprint density at radius 2 is 1.78 bits per heavy atom. The van der Waals surface area contributed by atoms with Gasteiger partial charge in [0.2, 0.25) is 0 Å². The number of hydrogen-bond donors (Lipinski definition) is 0. The second-order valence-electron chi connectivity index (χ2n) is 3.70. The third-order valence-corrected chi connectivity index (χ3v) is 2.79. The Morgan fingerprint density at radius 1 is 1.06 bits per heavy atom. The van der Waals surface area contributed by atoms with Crippen molar-refractivity contribution in [2.24, 2.45) is 0 Å². The summed E-state index contributed by atoms with van der Waals surface area (Å²) in [6.07, 6.45) is 2.71. The zero-order valence-corrected chi connectivity index (χ0v) is 10.2. The SMILES string of the molecule is O=C(C=Cc1c(F)cccc1Cl)c1ccccc1. The zero-order valence-electron chi connectivity index (χ0n) is 9.44. The fourth-order valence-corrected chi connectivity index (χ4v) is 1.75.